The fraction of sp³-hybridized carbons (Fsp3) is 0. The van der Waals surface area contributed by atoms with Crippen LogP contribution in [0.2, 0.25) is 0 Å². The highest BCUT2D eigenvalue weighted by Crippen LogP contribution is 2.33. The van der Waals surface area contributed by atoms with E-state index in [4.69, 9.17) is 14.6 Å². The van der Waals surface area contributed by atoms with Crippen molar-refractivity contribution >= 4 is 21.9 Å². The Morgan fingerprint density at radius 3 is 1.57 bits per heavy atom. The maximum Gasteiger partial charge on any atom is 0.211 e. The van der Waals surface area contributed by atoms with E-state index in [1.807, 2.05) is 0 Å². The van der Waals surface area contributed by atoms with Gasteiger partial charge in [0.25, 0.3) is 0 Å². The minimum Gasteiger partial charge on any atom is -0.503 e. The van der Waals surface area contributed by atoms with Crippen LogP contribution in [0.15, 0.2) is 21.3 Å². The van der Waals surface area contributed by atoms with E-state index in [0.717, 1.165) is 0 Å². The summed E-state index contributed by atoms with van der Waals surface area (Å²) in [7, 11) is 0. The molecule has 0 aliphatic carbocycles. The smallest absolute Gasteiger partial charge is 0.211 e. The Balaban J connectivity index is 2.66. The highest BCUT2D eigenvalue weighted by Gasteiger charge is 2.22. The average molecular weight is 300 g/mol. The molecule has 4 nitrogen and oxygen atoms in total. The van der Waals surface area contributed by atoms with Gasteiger partial charge in [-0.2, -0.15) is 8.78 Å². The quantitative estimate of drug-likeness (QED) is 0.494. The Bertz CT molecular complexity index is 903. The number of hydrogen-bond donors (Lipinski definition) is 2. The van der Waals surface area contributed by atoms with Crippen LogP contribution in [0.25, 0.3) is 21.9 Å². The minimum absolute atomic E-state index is 0.488. The summed E-state index contributed by atoms with van der Waals surface area (Å²) in [6.07, 6.45) is 0. The molecule has 1 aromatic heterocycles. The molecule has 0 atom stereocenters. The normalized spacial score (nSPS) is 11.4. The second-order valence-corrected chi connectivity index (χ2v) is 4.23. The largest absolute Gasteiger partial charge is 0.503 e. The summed E-state index contributed by atoms with van der Waals surface area (Å²) in [6, 6.07) is 0.976. The first-order valence-corrected chi connectivity index (χ1v) is 5.47. The van der Waals surface area contributed by atoms with E-state index >= 15 is 0 Å². The molecule has 108 valence electrons. The van der Waals surface area contributed by atoms with Crippen molar-refractivity contribution in [1.29, 1.82) is 0 Å². The third-order valence-corrected chi connectivity index (χ3v) is 2.99. The van der Waals surface area contributed by atoms with Gasteiger partial charge < -0.3 is 14.6 Å². The lowest BCUT2D eigenvalue weighted by Gasteiger charge is -2.06. The Hall–Kier alpha value is -2.77. The summed E-state index contributed by atoms with van der Waals surface area (Å²) >= 11 is 0. The summed E-state index contributed by atoms with van der Waals surface area (Å²) in [6.45, 7) is 0. The summed E-state index contributed by atoms with van der Waals surface area (Å²) in [5, 5.41) is 17.0. The van der Waals surface area contributed by atoms with Crippen LogP contribution in [0.5, 0.6) is 11.5 Å². The van der Waals surface area contributed by atoms with Crippen molar-refractivity contribution in [3.8, 4) is 11.5 Å². The molecule has 1 heterocycles. The molecular weight excluding hydrogens is 296 g/mol. The SMILES string of the molecule is O=c1c2cc(F)c(O)c(F)c2oc2c(F)c(O)c(F)cc12. The highest BCUT2D eigenvalue weighted by molar-refractivity contribution is 5.91. The second-order valence-electron chi connectivity index (χ2n) is 4.23. The van der Waals surface area contributed by atoms with Crippen LogP contribution in [0.1, 0.15) is 0 Å². The van der Waals surface area contributed by atoms with Crippen LogP contribution in [0.3, 0.4) is 0 Å². The van der Waals surface area contributed by atoms with Crippen molar-refractivity contribution in [2.24, 2.45) is 0 Å². The van der Waals surface area contributed by atoms with Gasteiger partial charge >= 0.3 is 0 Å². The van der Waals surface area contributed by atoms with Crippen LogP contribution in [0, 0.1) is 23.3 Å². The van der Waals surface area contributed by atoms with Crippen LogP contribution >= 0.6 is 0 Å². The molecule has 0 fully saturated rings. The van der Waals surface area contributed by atoms with Gasteiger partial charge in [-0.25, -0.2) is 8.78 Å². The number of phenolic OH excluding ortho intramolecular Hbond substituents is 2. The maximum absolute atomic E-state index is 13.7. The van der Waals surface area contributed by atoms with Crippen molar-refractivity contribution in [2.45, 2.75) is 0 Å². The van der Waals surface area contributed by atoms with Gasteiger partial charge in [-0.05, 0) is 12.1 Å². The summed E-state index contributed by atoms with van der Waals surface area (Å²) in [5.41, 5.74) is -2.92. The molecule has 0 radical (unpaired) electrons. The molecule has 2 N–H and O–H groups in total. The van der Waals surface area contributed by atoms with Gasteiger partial charge in [0.05, 0.1) is 10.8 Å². The number of rotatable bonds is 0. The van der Waals surface area contributed by atoms with E-state index < -0.39 is 62.1 Å². The zero-order valence-corrected chi connectivity index (χ0v) is 9.88. The molecule has 0 aliphatic heterocycles. The zero-order chi connectivity index (χ0) is 15.5. The van der Waals surface area contributed by atoms with Crippen molar-refractivity contribution in [2.75, 3.05) is 0 Å². The fourth-order valence-corrected chi connectivity index (χ4v) is 1.97. The van der Waals surface area contributed by atoms with E-state index in [-0.39, 0.29) is 0 Å². The number of hydrogen-bond acceptors (Lipinski definition) is 4. The van der Waals surface area contributed by atoms with E-state index in [1.165, 1.54) is 0 Å². The van der Waals surface area contributed by atoms with Crippen LogP contribution < -0.4 is 5.43 Å². The lowest BCUT2D eigenvalue weighted by molar-refractivity contribution is 0.389. The lowest BCUT2D eigenvalue weighted by atomic mass is 10.1. The van der Waals surface area contributed by atoms with Crippen LogP contribution in [0.4, 0.5) is 17.6 Å². The van der Waals surface area contributed by atoms with Gasteiger partial charge in [-0.15, -0.1) is 0 Å². The number of phenols is 2. The van der Waals surface area contributed by atoms with Crippen LogP contribution in [-0.4, -0.2) is 10.2 Å². The van der Waals surface area contributed by atoms with Gasteiger partial charge in [0.15, 0.2) is 34.3 Å². The predicted octanol–water partition coefficient (Wildman–Crippen LogP) is 2.91. The number of aromatic hydroxyl groups is 2. The van der Waals surface area contributed by atoms with Crippen molar-refractivity contribution < 1.29 is 32.2 Å². The first-order chi connectivity index (χ1) is 9.82. The van der Waals surface area contributed by atoms with Crippen molar-refractivity contribution in [3.05, 3.63) is 45.6 Å². The van der Waals surface area contributed by atoms with Gasteiger partial charge in [0.2, 0.25) is 17.1 Å². The summed E-state index contributed by atoms with van der Waals surface area (Å²) in [5.74, 6) is -8.87. The molecule has 2 aromatic carbocycles. The second kappa shape index (κ2) is 4.11. The average Bonchev–Trinajstić information content (AvgIpc) is 2.45. The molecular formula is C13H4F4O4. The zero-order valence-electron chi connectivity index (χ0n) is 9.88. The summed E-state index contributed by atoms with van der Waals surface area (Å²) < 4.78 is 58.7. The molecule has 0 amide bonds. The number of benzene rings is 2. The van der Waals surface area contributed by atoms with Crippen molar-refractivity contribution in [3.63, 3.8) is 0 Å². The Kier molecular flexibility index (Phi) is 2.59. The Labute approximate surface area is 112 Å². The molecule has 3 rings (SSSR count). The molecule has 0 saturated carbocycles. The molecule has 0 saturated heterocycles. The monoisotopic (exact) mass is 300 g/mol. The van der Waals surface area contributed by atoms with E-state index in [9.17, 15) is 22.4 Å². The molecule has 0 bridgehead atoms. The first kappa shape index (κ1) is 13.2. The first-order valence-electron chi connectivity index (χ1n) is 5.47. The van der Waals surface area contributed by atoms with Gasteiger partial charge in [-0.1, -0.05) is 0 Å². The summed E-state index contributed by atoms with van der Waals surface area (Å²) in [4.78, 5) is 12.0. The molecule has 0 aliphatic rings. The number of halogens is 4. The molecule has 0 unspecified atom stereocenters. The highest BCUT2D eigenvalue weighted by atomic mass is 19.1. The van der Waals surface area contributed by atoms with E-state index in [2.05, 4.69) is 0 Å². The van der Waals surface area contributed by atoms with Gasteiger partial charge in [0.1, 0.15) is 0 Å². The van der Waals surface area contributed by atoms with Gasteiger partial charge in [0, 0.05) is 0 Å². The maximum atomic E-state index is 13.7. The number of fused-ring (bicyclic) bond motifs is 2. The van der Waals surface area contributed by atoms with Crippen molar-refractivity contribution in [1.82, 2.24) is 0 Å². The molecule has 21 heavy (non-hydrogen) atoms. The topological polar surface area (TPSA) is 70.7 Å². The Morgan fingerprint density at radius 1 is 0.810 bits per heavy atom. The molecule has 8 heteroatoms. The predicted molar refractivity (Wildman–Crippen MR) is 63.2 cm³/mol. The standard InChI is InChI=1S/C13H4F4O4/c14-5-1-3-9(18)4-2-6(15)11(20)8(17)13(4)21-12(3)7(16)10(5)19/h1-2,19-20H. The van der Waals surface area contributed by atoms with E-state index in [0.29, 0.717) is 12.1 Å². The van der Waals surface area contributed by atoms with E-state index in [1.54, 1.807) is 0 Å². The molecule has 0 spiro atoms. The minimum atomic E-state index is -1.60. The Morgan fingerprint density at radius 2 is 1.19 bits per heavy atom. The van der Waals surface area contributed by atoms with Gasteiger partial charge in [-0.3, -0.25) is 4.79 Å². The molecule has 3 aromatic rings. The lowest BCUT2D eigenvalue weighted by Crippen LogP contribution is -2.06. The third kappa shape index (κ3) is 1.65. The van der Waals surface area contributed by atoms with Crippen LogP contribution in [-0.2, 0) is 0 Å². The third-order valence-electron chi connectivity index (χ3n) is 2.99. The fourth-order valence-electron chi connectivity index (χ4n) is 1.97.